The summed E-state index contributed by atoms with van der Waals surface area (Å²) < 4.78 is 87.2. The third-order valence-electron chi connectivity index (χ3n) is 6.95. The van der Waals surface area contributed by atoms with Crippen molar-refractivity contribution in [3.63, 3.8) is 0 Å². The van der Waals surface area contributed by atoms with Crippen LogP contribution in [0.5, 0.6) is 23.0 Å². The van der Waals surface area contributed by atoms with Gasteiger partial charge in [-0.25, -0.2) is 4.98 Å². The molecular formula is C30H22F3N3O6S. The van der Waals surface area contributed by atoms with Gasteiger partial charge in [0, 0.05) is 29.1 Å². The van der Waals surface area contributed by atoms with Crippen molar-refractivity contribution in [1.82, 2.24) is 14.5 Å². The molecule has 0 aliphatic rings. The minimum absolute atomic E-state index is 0.0547. The van der Waals surface area contributed by atoms with Gasteiger partial charge >= 0.3 is 15.6 Å². The summed E-state index contributed by atoms with van der Waals surface area (Å²) in [7, 11) is -1.66. The summed E-state index contributed by atoms with van der Waals surface area (Å²) in [5.41, 5.74) is -4.17. The highest BCUT2D eigenvalue weighted by molar-refractivity contribution is 7.88. The van der Waals surface area contributed by atoms with Crippen molar-refractivity contribution in [3.05, 3.63) is 79.1 Å². The van der Waals surface area contributed by atoms with Crippen LogP contribution in [0.4, 0.5) is 13.2 Å². The molecule has 0 spiro atoms. The van der Waals surface area contributed by atoms with Crippen LogP contribution in [0.25, 0.3) is 49.7 Å². The standard InChI is InChI=1S/C30H22F3N3O6S/c1-39-23-14-17(15-24(40-2)28(23)41-3)36-27-21-11-7-5-9-19(21)18-8-4-6-10-20(18)26(27)35-29(36)22-12-13-34-16-25(22)42-43(37,38)30(31,32)33/h4-16H,1-3H3. The lowest BCUT2D eigenvalue weighted by Gasteiger charge is -2.18. The zero-order chi connectivity index (χ0) is 30.5. The molecule has 0 aliphatic carbocycles. The first-order valence-corrected chi connectivity index (χ1v) is 14.1. The molecule has 0 unspecified atom stereocenters. The molecule has 0 aliphatic heterocycles. The topological polar surface area (TPSA) is 102 Å². The minimum Gasteiger partial charge on any atom is -0.493 e. The minimum atomic E-state index is -6.02. The molecule has 6 rings (SSSR count). The molecular weight excluding hydrogens is 587 g/mol. The first kappa shape index (κ1) is 28.1. The molecule has 0 amide bonds. The summed E-state index contributed by atoms with van der Waals surface area (Å²) >= 11 is 0. The van der Waals surface area contributed by atoms with E-state index in [1.54, 1.807) is 16.7 Å². The lowest BCUT2D eigenvalue weighted by Crippen LogP contribution is -2.28. The van der Waals surface area contributed by atoms with Gasteiger partial charge in [-0.15, -0.1) is 0 Å². The smallest absolute Gasteiger partial charge is 0.493 e. The Bertz CT molecular complexity index is 2120. The van der Waals surface area contributed by atoms with Gasteiger partial charge in [0.15, 0.2) is 17.2 Å². The number of methoxy groups -OCH3 is 3. The van der Waals surface area contributed by atoms with Crippen LogP contribution in [0.3, 0.4) is 0 Å². The predicted molar refractivity (Wildman–Crippen MR) is 155 cm³/mol. The monoisotopic (exact) mass is 609 g/mol. The van der Waals surface area contributed by atoms with E-state index in [1.165, 1.54) is 33.6 Å². The van der Waals surface area contributed by atoms with Crippen LogP contribution in [0.2, 0.25) is 0 Å². The van der Waals surface area contributed by atoms with Crippen molar-refractivity contribution in [2.75, 3.05) is 21.3 Å². The summed E-state index contributed by atoms with van der Waals surface area (Å²) in [6.45, 7) is 0. The fourth-order valence-corrected chi connectivity index (χ4v) is 5.59. The van der Waals surface area contributed by atoms with Gasteiger partial charge in [0.05, 0.1) is 49.8 Å². The molecule has 0 saturated carbocycles. The fraction of sp³-hybridized carbons (Fsp3) is 0.133. The number of rotatable bonds is 7. The number of pyridine rings is 1. The average molecular weight is 610 g/mol. The van der Waals surface area contributed by atoms with E-state index in [4.69, 9.17) is 19.2 Å². The first-order chi connectivity index (χ1) is 20.6. The molecule has 2 heterocycles. The highest BCUT2D eigenvalue weighted by Gasteiger charge is 2.49. The van der Waals surface area contributed by atoms with Crippen LogP contribution in [-0.4, -0.2) is 49.8 Å². The molecule has 43 heavy (non-hydrogen) atoms. The van der Waals surface area contributed by atoms with E-state index in [9.17, 15) is 21.6 Å². The Morgan fingerprint density at radius 3 is 1.93 bits per heavy atom. The molecule has 0 radical (unpaired) electrons. The summed E-state index contributed by atoms with van der Waals surface area (Å²) in [5, 5.41) is 3.35. The van der Waals surface area contributed by atoms with E-state index >= 15 is 0 Å². The van der Waals surface area contributed by atoms with Crippen molar-refractivity contribution in [2.24, 2.45) is 0 Å². The van der Waals surface area contributed by atoms with Crippen molar-refractivity contribution < 1.29 is 40.0 Å². The van der Waals surface area contributed by atoms with Gasteiger partial charge in [-0.2, -0.15) is 21.6 Å². The molecule has 0 bridgehead atoms. The van der Waals surface area contributed by atoms with Crippen molar-refractivity contribution in [2.45, 2.75) is 5.51 Å². The second kappa shape index (κ2) is 10.3. The highest BCUT2D eigenvalue weighted by Crippen LogP contribution is 2.45. The van der Waals surface area contributed by atoms with Crippen molar-refractivity contribution in [1.29, 1.82) is 0 Å². The Kier molecular flexibility index (Phi) is 6.76. The Morgan fingerprint density at radius 1 is 0.767 bits per heavy atom. The summed E-state index contributed by atoms with van der Waals surface area (Å²) in [6.07, 6.45) is 2.20. The van der Waals surface area contributed by atoms with Gasteiger partial charge < -0.3 is 18.4 Å². The van der Waals surface area contributed by atoms with Crippen LogP contribution in [0.1, 0.15) is 0 Å². The quantitative estimate of drug-likeness (QED) is 0.113. The van der Waals surface area contributed by atoms with Gasteiger partial charge in [0.1, 0.15) is 5.82 Å². The van der Waals surface area contributed by atoms with Gasteiger partial charge in [0.2, 0.25) is 5.75 Å². The molecule has 0 fully saturated rings. The maximum Gasteiger partial charge on any atom is 0.534 e. The normalized spacial score (nSPS) is 12.1. The second-order valence-electron chi connectivity index (χ2n) is 9.30. The number of imidazole rings is 1. The number of aromatic nitrogens is 3. The maximum absolute atomic E-state index is 13.4. The lowest BCUT2D eigenvalue weighted by atomic mass is 10.00. The van der Waals surface area contributed by atoms with E-state index in [0.29, 0.717) is 34.0 Å². The number of nitrogens with zero attached hydrogens (tertiary/aromatic N) is 3. The SMILES string of the molecule is COc1cc(-n2c(-c3ccncc3OS(=O)(=O)C(F)(F)F)nc3c4ccccc4c4ccccc4c32)cc(OC)c1OC. The first-order valence-electron chi connectivity index (χ1n) is 12.7. The summed E-state index contributed by atoms with van der Waals surface area (Å²) in [4.78, 5) is 8.73. The Labute approximate surface area is 243 Å². The van der Waals surface area contributed by atoms with Crippen LogP contribution < -0.4 is 18.4 Å². The summed E-state index contributed by atoms with van der Waals surface area (Å²) in [6, 6.07) is 19.9. The Morgan fingerprint density at radius 2 is 1.35 bits per heavy atom. The second-order valence-corrected chi connectivity index (χ2v) is 10.8. The number of ether oxygens (including phenoxy) is 3. The van der Waals surface area contributed by atoms with Crippen LogP contribution in [-0.2, 0) is 10.1 Å². The number of hydrogen-bond acceptors (Lipinski definition) is 8. The molecule has 2 aromatic heterocycles. The highest BCUT2D eigenvalue weighted by atomic mass is 32.2. The maximum atomic E-state index is 13.4. The Balaban J connectivity index is 1.79. The number of alkyl halides is 3. The molecule has 9 nitrogen and oxygen atoms in total. The van der Waals surface area contributed by atoms with E-state index in [-0.39, 0.29) is 11.4 Å². The molecule has 6 aromatic rings. The lowest BCUT2D eigenvalue weighted by molar-refractivity contribution is -0.0500. The number of fused-ring (bicyclic) bond motifs is 6. The van der Waals surface area contributed by atoms with E-state index in [2.05, 4.69) is 9.17 Å². The van der Waals surface area contributed by atoms with Gasteiger partial charge in [0.25, 0.3) is 0 Å². The molecule has 0 saturated heterocycles. The largest absolute Gasteiger partial charge is 0.534 e. The number of benzene rings is 4. The van der Waals surface area contributed by atoms with Gasteiger partial charge in [-0.1, -0.05) is 48.5 Å². The van der Waals surface area contributed by atoms with Crippen LogP contribution >= 0.6 is 0 Å². The van der Waals surface area contributed by atoms with Crippen molar-refractivity contribution in [3.8, 4) is 40.1 Å². The number of hydrogen-bond donors (Lipinski definition) is 0. The third kappa shape index (κ3) is 4.52. The van der Waals surface area contributed by atoms with Crippen LogP contribution in [0, 0.1) is 0 Å². The van der Waals surface area contributed by atoms with Crippen LogP contribution in [0.15, 0.2) is 79.1 Å². The van der Waals surface area contributed by atoms with Gasteiger partial charge in [-0.3, -0.25) is 9.55 Å². The summed E-state index contributed by atoms with van der Waals surface area (Å²) in [5.74, 6) is 0.360. The molecule has 4 aromatic carbocycles. The fourth-order valence-electron chi connectivity index (χ4n) is 5.13. The third-order valence-corrected chi connectivity index (χ3v) is 7.91. The van der Waals surface area contributed by atoms with E-state index < -0.39 is 21.4 Å². The average Bonchev–Trinajstić information content (AvgIpc) is 3.41. The molecule has 0 atom stereocenters. The van der Waals surface area contributed by atoms with E-state index in [0.717, 1.165) is 27.7 Å². The zero-order valence-corrected chi connectivity index (χ0v) is 23.7. The Hall–Kier alpha value is -5.04. The molecule has 0 N–H and O–H groups in total. The van der Waals surface area contributed by atoms with Crippen molar-refractivity contribution >= 4 is 42.7 Å². The van der Waals surface area contributed by atoms with E-state index in [1.807, 2.05) is 48.5 Å². The zero-order valence-electron chi connectivity index (χ0n) is 22.8. The predicted octanol–water partition coefficient (Wildman–Crippen LogP) is 6.65. The van der Waals surface area contributed by atoms with Gasteiger partial charge in [-0.05, 0) is 16.8 Å². The number of halogens is 3. The molecule has 13 heteroatoms. The molecule has 220 valence electrons.